The van der Waals surface area contributed by atoms with E-state index in [2.05, 4.69) is 36.1 Å². The van der Waals surface area contributed by atoms with Crippen molar-refractivity contribution in [1.29, 1.82) is 0 Å². The summed E-state index contributed by atoms with van der Waals surface area (Å²) in [4.78, 5) is 25.0. The Morgan fingerprint density at radius 3 is 2.65 bits per heavy atom. The molecule has 0 aliphatic carbocycles. The minimum absolute atomic E-state index is 0.225. The van der Waals surface area contributed by atoms with Crippen LogP contribution in [0.5, 0.6) is 11.5 Å². The first-order valence-electron chi connectivity index (χ1n) is 13.6. The van der Waals surface area contributed by atoms with Crippen molar-refractivity contribution in [3.8, 4) is 45.5 Å². The van der Waals surface area contributed by atoms with Crippen molar-refractivity contribution in [1.82, 2.24) is 40.0 Å². The molecule has 2 N–H and O–H groups in total. The zero-order valence-corrected chi connectivity index (χ0v) is 21.7. The summed E-state index contributed by atoms with van der Waals surface area (Å²) in [5.74, 6) is 2.06. The van der Waals surface area contributed by atoms with E-state index in [-0.39, 0.29) is 6.79 Å². The molecule has 0 spiro atoms. The van der Waals surface area contributed by atoms with E-state index in [1.54, 1.807) is 6.20 Å². The van der Waals surface area contributed by atoms with Crippen LogP contribution in [0.4, 0.5) is 0 Å². The zero-order valence-electron chi connectivity index (χ0n) is 21.7. The second kappa shape index (κ2) is 9.42. The van der Waals surface area contributed by atoms with Gasteiger partial charge in [-0.3, -0.25) is 20.0 Å². The maximum Gasteiger partial charge on any atom is 0.231 e. The largest absolute Gasteiger partial charge is 0.454 e. The molecule has 1 aromatic carbocycles. The van der Waals surface area contributed by atoms with Crippen LogP contribution in [-0.4, -0.2) is 59.9 Å². The van der Waals surface area contributed by atoms with Crippen molar-refractivity contribution in [3.63, 3.8) is 0 Å². The van der Waals surface area contributed by atoms with Crippen molar-refractivity contribution >= 4 is 22.1 Å². The Kier molecular flexibility index (Phi) is 5.44. The third kappa shape index (κ3) is 4.04. The molecule has 10 heteroatoms. The average Bonchev–Trinajstić information content (AvgIpc) is 3.75. The highest BCUT2D eigenvalue weighted by Gasteiger charge is 2.20. The highest BCUT2D eigenvalue weighted by atomic mass is 16.7. The van der Waals surface area contributed by atoms with Crippen LogP contribution < -0.4 is 9.47 Å². The lowest BCUT2D eigenvalue weighted by Gasteiger charge is -2.26. The molecule has 7 heterocycles. The van der Waals surface area contributed by atoms with Crippen LogP contribution in [0, 0.1) is 0 Å². The van der Waals surface area contributed by atoms with Crippen LogP contribution in [0.15, 0.2) is 61.1 Å². The Morgan fingerprint density at radius 1 is 0.800 bits per heavy atom. The molecule has 5 aromatic heterocycles. The van der Waals surface area contributed by atoms with E-state index in [1.807, 2.05) is 48.8 Å². The van der Waals surface area contributed by atoms with Crippen LogP contribution in [0.25, 0.3) is 56.1 Å². The normalized spacial score (nSPS) is 15.3. The minimum atomic E-state index is 0.225. The Morgan fingerprint density at radius 2 is 1.70 bits per heavy atom. The first kappa shape index (κ1) is 23.1. The number of hydrogen-bond acceptors (Lipinski definition) is 8. The molecule has 0 saturated carbocycles. The number of H-pyrrole nitrogens is 2. The number of imidazole rings is 1. The van der Waals surface area contributed by atoms with E-state index < -0.39 is 0 Å². The Bertz CT molecular complexity index is 1870. The van der Waals surface area contributed by atoms with Crippen LogP contribution in [0.1, 0.15) is 24.8 Å². The fraction of sp³-hybridized carbons (Fsp3) is 0.233. The van der Waals surface area contributed by atoms with Crippen molar-refractivity contribution in [2.24, 2.45) is 0 Å². The molecular formula is C30H26N8O2. The maximum absolute atomic E-state index is 5.57. The van der Waals surface area contributed by atoms with Crippen molar-refractivity contribution in [2.45, 2.75) is 25.8 Å². The monoisotopic (exact) mass is 530 g/mol. The van der Waals surface area contributed by atoms with Gasteiger partial charge in [-0.1, -0.05) is 6.42 Å². The maximum atomic E-state index is 5.57. The molecule has 40 heavy (non-hydrogen) atoms. The summed E-state index contributed by atoms with van der Waals surface area (Å²) in [6.07, 6.45) is 9.47. The van der Waals surface area contributed by atoms with Crippen LogP contribution in [0.3, 0.4) is 0 Å². The summed E-state index contributed by atoms with van der Waals surface area (Å²) in [7, 11) is 0. The molecule has 0 amide bonds. The van der Waals surface area contributed by atoms with E-state index in [0.717, 1.165) is 70.0 Å². The number of rotatable bonds is 5. The zero-order chi connectivity index (χ0) is 26.5. The molecule has 0 unspecified atom stereocenters. The molecule has 198 valence electrons. The quantitative estimate of drug-likeness (QED) is 0.307. The predicted molar refractivity (Wildman–Crippen MR) is 151 cm³/mol. The van der Waals surface area contributed by atoms with Gasteiger partial charge in [0.05, 0.1) is 22.4 Å². The standard InChI is InChI=1S/C30H26N8O2/c1-2-10-38(11-3-1)16-18-12-20(15-31-14-18)21-5-6-23-28(33-21)29(37-36-23)30-34-22-8-9-32-26(27(22)35-30)19-4-7-24-25(13-19)40-17-39-24/h4-9,12-15H,1-3,10-11,16-17H2,(H,34,35)(H,36,37). The van der Waals surface area contributed by atoms with Gasteiger partial charge in [0.25, 0.3) is 0 Å². The van der Waals surface area contributed by atoms with Crippen molar-refractivity contribution in [3.05, 3.63) is 66.6 Å². The van der Waals surface area contributed by atoms with Crippen LogP contribution >= 0.6 is 0 Å². The molecule has 8 rings (SSSR count). The molecule has 2 aliphatic rings. The molecule has 1 fully saturated rings. The number of nitrogens with one attached hydrogen (secondary N) is 2. The van der Waals surface area contributed by atoms with Crippen molar-refractivity contribution < 1.29 is 9.47 Å². The number of piperidine rings is 1. The summed E-state index contributed by atoms with van der Waals surface area (Å²) < 4.78 is 11.0. The fourth-order valence-electron chi connectivity index (χ4n) is 5.62. The molecular weight excluding hydrogens is 504 g/mol. The SMILES string of the molecule is c1cc2[nH]c(-c3n[nH]c4ccc(-c5cncc(CN6CCCCC6)c5)nc34)nc2c(-c2ccc3c(c2)OCO3)n1. The van der Waals surface area contributed by atoms with Gasteiger partial charge in [-0.05, 0) is 74.0 Å². The first-order chi connectivity index (χ1) is 19.8. The number of hydrogen-bond donors (Lipinski definition) is 2. The molecule has 0 radical (unpaired) electrons. The smallest absolute Gasteiger partial charge is 0.231 e. The van der Waals surface area contributed by atoms with E-state index in [0.29, 0.717) is 17.3 Å². The topological polar surface area (TPSA) is 118 Å². The van der Waals surface area contributed by atoms with Gasteiger partial charge in [0.15, 0.2) is 23.0 Å². The second-order valence-electron chi connectivity index (χ2n) is 10.3. The van der Waals surface area contributed by atoms with E-state index in [9.17, 15) is 0 Å². The Balaban J connectivity index is 1.16. The molecule has 2 aliphatic heterocycles. The van der Waals surface area contributed by atoms with Crippen LogP contribution in [-0.2, 0) is 6.54 Å². The van der Waals surface area contributed by atoms with Gasteiger partial charge in [0.2, 0.25) is 6.79 Å². The van der Waals surface area contributed by atoms with Gasteiger partial charge in [-0.2, -0.15) is 5.10 Å². The lowest BCUT2D eigenvalue weighted by molar-refractivity contribution is 0.174. The number of aromatic amines is 2. The number of nitrogens with zero attached hydrogens (tertiary/aromatic N) is 6. The summed E-state index contributed by atoms with van der Waals surface area (Å²) in [5.41, 5.74) is 8.54. The van der Waals surface area contributed by atoms with E-state index in [1.165, 1.54) is 24.8 Å². The van der Waals surface area contributed by atoms with E-state index in [4.69, 9.17) is 19.4 Å². The van der Waals surface area contributed by atoms with Crippen molar-refractivity contribution in [2.75, 3.05) is 19.9 Å². The number of pyridine rings is 3. The predicted octanol–water partition coefficient (Wildman–Crippen LogP) is 5.34. The van der Waals surface area contributed by atoms with Gasteiger partial charge in [-0.25, -0.2) is 9.97 Å². The highest BCUT2D eigenvalue weighted by Crippen LogP contribution is 2.37. The number of aromatic nitrogens is 7. The number of ether oxygens (including phenoxy) is 2. The van der Waals surface area contributed by atoms with Crippen LogP contribution in [0.2, 0.25) is 0 Å². The first-order valence-corrected chi connectivity index (χ1v) is 13.6. The molecule has 0 bridgehead atoms. The highest BCUT2D eigenvalue weighted by molar-refractivity contribution is 5.95. The summed E-state index contributed by atoms with van der Waals surface area (Å²) in [5, 5.41) is 7.69. The summed E-state index contributed by atoms with van der Waals surface area (Å²) in [6, 6.07) is 13.9. The minimum Gasteiger partial charge on any atom is -0.454 e. The Labute approximate surface area is 229 Å². The molecule has 1 saturated heterocycles. The molecule has 6 aromatic rings. The third-order valence-corrected chi connectivity index (χ3v) is 7.62. The van der Waals surface area contributed by atoms with E-state index >= 15 is 0 Å². The summed E-state index contributed by atoms with van der Waals surface area (Å²) >= 11 is 0. The Hall–Kier alpha value is -4.83. The number of fused-ring (bicyclic) bond motifs is 3. The third-order valence-electron chi connectivity index (χ3n) is 7.62. The van der Waals surface area contributed by atoms with Gasteiger partial charge in [0.1, 0.15) is 11.0 Å². The lowest BCUT2D eigenvalue weighted by Crippen LogP contribution is -2.29. The second-order valence-corrected chi connectivity index (χ2v) is 10.3. The number of likely N-dealkylation sites (tertiary alicyclic amines) is 1. The van der Waals surface area contributed by atoms with Gasteiger partial charge >= 0.3 is 0 Å². The van der Waals surface area contributed by atoms with Gasteiger partial charge in [-0.15, -0.1) is 0 Å². The average molecular weight is 531 g/mol. The molecule has 0 atom stereocenters. The van der Waals surface area contributed by atoms with Gasteiger partial charge in [0, 0.05) is 36.3 Å². The fourth-order valence-corrected chi connectivity index (χ4v) is 5.62. The lowest BCUT2D eigenvalue weighted by atomic mass is 10.1. The van der Waals surface area contributed by atoms with Gasteiger partial charge < -0.3 is 14.5 Å². The number of benzene rings is 1. The summed E-state index contributed by atoms with van der Waals surface area (Å²) in [6.45, 7) is 3.44. The molecule has 10 nitrogen and oxygen atoms in total.